The predicted octanol–water partition coefficient (Wildman–Crippen LogP) is 4.48. The zero-order valence-corrected chi connectivity index (χ0v) is 13.3. The van der Waals surface area contributed by atoms with E-state index >= 15 is 0 Å². The first-order valence-corrected chi connectivity index (χ1v) is 7.39. The largest absolute Gasteiger partial charge is 0.381 e. The predicted molar refractivity (Wildman–Crippen MR) is 78.7 cm³/mol. The molecule has 0 rings (SSSR count). The Hall–Kier alpha value is -0.0800. The quantitative estimate of drug-likeness (QED) is 0.574. The average molecular weight is 257 g/mol. The Bertz CT molecular complexity index is 205. The molecule has 2 nitrogen and oxygen atoms in total. The SMILES string of the molecule is [CH2]C(CC)(CC(CC)C(CCC)OC)C(C)OC. The molecule has 0 aliphatic rings. The fraction of sp³-hybridized carbons (Fsp3) is 0.938. The maximum Gasteiger partial charge on any atom is 0.0599 e. The summed E-state index contributed by atoms with van der Waals surface area (Å²) in [7, 11) is 3.61. The molecule has 0 aromatic rings. The van der Waals surface area contributed by atoms with Gasteiger partial charge < -0.3 is 9.47 Å². The van der Waals surface area contributed by atoms with Crippen LogP contribution in [0.3, 0.4) is 0 Å². The smallest absolute Gasteiger partial charge is 0.0599 e. The van der Waals surface area contributed by atoms with Gasteiger partial charge in [-0.3, -0.25) is 0 Å². The Labute approximate surface area is 114 Å². The molecule has 0 aromatic carbocycles. The molecule has 0 fully saturated rings. The molecule has 2 heteroatoms. The van der Waals surface area contributed by atoms with E-state index in [1.54, 1.807) is 7.11 Å². The minimum Gasteiger partial charge on any atom is -0.381 e. The molecule has 4 atom stereocenters. The van der Waals surface area contributed by atoms with Crippen LogP contribution in [-0.2, 0) is 9.47 Å². The van der Waals surface area contributed by atoms with E-state index in [-0.39, 0.29) is 11.5 Å². The lowest BCUT2D eigenvalue weighted by atomic mass is 9.72. The second-order valence-electron chi connectivity index (χ2n) is 5.53. The highest BCUT2D eigenvalue weighted by Crippen LogP contribution is 2.37. The van der Waals surface area contributed by atoms with E-state index in [4.69, 9.17) is 9.47 Å². The third kappa shape index (κ3) is 4.89. The summed E-state index contributed by atoms with van der Waals surface area (Å²) in [5, 5.41) is 0. The first-order chi connectivity index (χ1) is 8.48. The maximum atomic E-state index is 5.68. The van der Waals surface area contributed by atoms with Crippen LogP contribution in [-0.4, -0.2) is 26.4 Å². The molecular weight excluding hydrogens is 224 g/mol. The molecule has 0 saturated carbocycles. The number of ether oxygens (including phenoxy) is 2. The Morgan fingerprint density at radius 2 is 1.72 bits per heavy atom. The molecule has 18 heavy (non-hydrogen) atoms. The molecular formula is C16H33O2. The van der Waals surface area contributed by atoms with Crippen LogP contribution in [0.4, 0.5) is 0 Å². The second kappa shape index (κ2) is 8.92. The number of methoxy groups -OCH3 is 2. The van der Waals surface area contributed by atoms with Gasteiger partial charge >= 0.3 is 0 Å². The number of hydrogen-bond donors (Lipinski definition) is 0. The van der Waals surface area contributed by atoms with Gasteiger partial charge in [-0.15, -0.1) is 0 Å². The summed E-state index contributed by atoms with van der Waals surface area (Å²) in [5.74, 6) is 0.574. The van der Waals surface area contributed by atoms with E-state index in [0.29, 0.717) is 12.0 Å². The molecule has 0 aromatic heterocycles. The minimum atomic E-state index is -0.0000515. The molecule has 4 unspecified atom stereocenters. The van der Waals surface area contributed by atoms with Crippen molar-refractivity contribution in [2.24, 2.45) is 11.3 Å². The third-order valence-electron chi connectivity index (χ3n) is 4.51. The monoisotopic (exact) mass is 257 g/mol. The van der Waals surface area contributed by atoms with E-state index in [1.807, 2.05) is 7.11 Å². The summed E-state index contributed by atoms with van der Waals surface area (Å²) in [6, 6.07) is 0. The van der Waals surface area contributed by atoms with E-state index in [9.17, 15) is 0 Å². The van der Waals surface area contributed by atoms with E-state index in [1.165, 1.54) is 6.42 Å². The number of rotatable bonds is 10. The molecule has 0 amide bonds. The van der Waals surface area contributed by atoms with Gasteiger partial charge in [-0.2, -0.15) is 0 Å². The molecule has 0 saturated heterocycles. The molecule has 0 bridgehead atoms. The fourth-order valence-corrected chi connectivity index (χ4v) is 2.74. The molecule has 0 aliphatic carbocycles. The summed E-state index contributed by atoms with van der Waals surface area (Å²) >= 11 is 0. The van der Waals surface area contributed by atoms with Crippen LogP contribution >= 0.6 is 0 Å². The van der Waals surface area contributed by atoms with Crippen LogP contribution in [0.2, 0.25) is 0 Å². The Kier molecular flexibility index (Phi) is 8.89. The van der Waals surface area contributed by atoms with Crippen LogP contribution in [0.25, 0.3) is 0 Å². The Morgan fingerprint density at radius 1 is 1.11 bits per heavy atom. The third-order valence-corrected chi connectivity index (χ3v) is 4.51. The summed E-state index contributed by atoms with van der Waals surface area (Å²) in [5.41, 5.74) is -0.0000515. The van der Waals surface area contributed by atoms with Gasteiger partial charge in [0, 0.05) is 14.2 Å². The first kappa shape index (κ1) is 17.9. The van der Waals surface area contributed by atoms with E-state index in [2.05, 4.69) is 34.6 Å². The Morgan fingerprint density at radius 3 is 2.06 bits per heavy atom. The lowest BCUT2D eigenvalue weighted by Crippen LogP contribution is -2.36. The van der Waals surface area contributed by atoms with Crippen molar-refractivity contribution in [2.45, 2.75) is 72.0 Å². The summed E-state index contributed by atoms with van der Waals surface area (Å²) in [4.78, 5) is 0. The van der Waals surface area contributed by atoms with Crippen molar-refractivity contribution < 1.29 is 9.47 Å². The van der Waals surface area contributed by atoms with Crippen molar-refractivity contribution >= 4 is 0 Å². The van der Waals surface area contributed by atoms with Crippen molar-refractivity contribution in [3.8, 4) is 0 Å². The normalized spacial score (nSPS) is 20.2. The van der Waals surface area contributed by atoms with Gasteiger partial charge in [-0.1, -0.05) is 33.6 Å². The minimum absolute atomic E-state index is 0.0000515. The molecule has 0 spiro atoms. The van der Waals surface area contributed by atoms with E-state index in [0.717, 1.165) is 25.7 Å². The van der Waals surface area contributed by atoms with Crippen LogP contribution in [0.1, 0.15) is 59.8 Å². The highest BCUT2D eigenvalue weighted by Gasteiger charge is 2.34. The van der Waals surface area contributed by atoms with Crippen LogP contribution in [0, 0.1) is 18.3 Å². The first-order valence-electron chi connectivity index (χ1n) is 7.39. The highest BCUT2D eigenvalue weighted by atomic mass is 16.5. The van der Waals surface area contributed by atoms with Gasteiger partial charge in [0.2, 0.25) is 0 Å². The Balaban J connectivity index is 4.75. The molecule has 109 valence electrons. The zero-order chi connectivity index (χ0) is 14.2. The molecule has 0 heterocycles. The van der Waals surface area contributed by atoms with Crippen molar-refractivity contribution in [2.75, 3.05) is 14.2 Å². The standard InChI is InChI=1S/C16H33O2/c1-8-11-15(18-7)14(9-2)12-16(5,10-3)13(4)17-6/h13-15H,5,8-12H2,1-4,6-7H3. The summed E-state index contributed by atoms with van der Waals surface area (Å²) < 4.78 is 11.2. The molecule has 1 radical (unpaired) electrons. The highest BCUT2D eigenvalue weighted by molar-refractivity contribution is 4.90. The maximum absolute atomic E-state index is 5.68. The lowest BCUT2D eigenvalue weighted by Gasteiger charge is -2.38. The van der Waals surface area contributed by atoms with Crippen LogP contribution < -0.4 is 0 Å². The summed E-state index contributed by atoms with van der Waals surface area (Å²) in [6.45, 7) is 13.2. The van der Waals surface area contributed by atoms with Crippen molar-refractivity contribution in [3.63, 3.8) is 0 Å². The van der Waals surface area contributed by atoms with Gasteiger partial charge in [0.15, 0.2) is 0 Å². The van der Waals surface area contributed by atoms with Crippen molar-refractivity contribution in [3.05, 3.63) is 6.92 Å². The lowest BCUT2D eigenvalue weighted by molar-refractivity contribution is -0.0218. The topological polar surface area (TPSA) is 18.5 Å². The second-order valence-corrected chi connectivity index (χ2v) is 5.53. The zero-order valence-electron chi connectivity index (χ0n) is 13.3. The van der Waals surface area contributed by atoms with Gasteiger partial charge in [-0.05, 0) is 44.4 Å². The average Bonchev–Trinajstić information content (AvgIpc) is 2.41. The molecule has 0 N–H and O–H groups in total. The fourth-order valence-electron chi connectivity index (χ4n) is 2.74. The van der Waals surface area contributed by atoms with Crippen molar-refractivity contribution in [1.29, 1.82) is 0 Å². The molecule has 0 aliphatic heterocycles. The van der Waals surface area contributed by atoms with Gasteiger partial charge in [0.05, 0.1) is 12.2 Å². The van der Waals surface area contributed by atoms with Gasteiger partial charge in [0.1, 0.15) is 0 Å². The van der Waals surface area contributed by atoms with Crippen LogP contribution in [0.5, 0.6) is 0 Å². The van der Waals surface area contributed by atoms with Crippen LogP contribution in [0.15, 0.2) is 0 Å². The summed E-state index contributed by atoms with van der Waals surface area (Å²) in [6.07, 6.45) is 6.12. The van der Waals surface area contributed by atoms with Crippen molar-refractivity contribution in [1.82, 2.24) is 0 Å². The van der Waals surface area contributed by atoms with Gasteiger partial charge in [-0.25, -0.2) is 0 Å². The van der Waals surface area contributed by atoms with E-state index < -0.39 is 0 Å². The number of hydrogen-bond acceptors (Lipinski definition) is 2. The van der Waals surface area contributed by atoms with Gasteiger partial charge in [0.25, 0.3) is 0 Å².